The Morgan fingerprint density at radius 2 is 1.95 bits per heavy atom. The summed E-state index contributed by atoms with van der Waals surface area (Å²) in [5, 5.41) is 9.52. The third kappa shape index (κ3) is 3.08. The molecule has 0 aromatic carbocycles. The number of nitrogens with zero attached hydrogens (tertiary/aromatic N) is 2. The summed E-state index contributed by atoms with van der Waals surface area (Å²) in [4.78, 5) is 27.4. The van der Waals surface area contributed by atoms with Gasteiger partial charge in [-0.15, -0.1) is 0 Å². The summed E-state index contributed by atoms with van der Waals surface area (Å²) in [5.41, 5.74) is -0.637. The highest BCUT2D eigenvalue weighted by atomic mass is 16.4. The molecule has 1 amide bonds. The summed E-state index contributed by atoms with van der Waals surface area (Å²) < 4.78 is 0. The Labute approximate surface area is 114 Å². The Balaban J connectivity index is 1.94. The van der Waals surface area contributed by atoms with Crippen LogP contribution in [0.1, 0.15) is 39.0 Å². The van der Waals surface area contributed by atoms with Gasteiger partial charge in [-0.2, -0.15) is 0 Å². The van der Waals surface area contributed by atoms with Crippen LogP contribution in [0.25, 0.3) is 0 Å². The van der Waals surface area contributed by atoms with E-state index in [1.54, 1.807) is 0 Å². The Hall–Kier alpha value is -1.10. The van der Waals surface area contributed by atoms with E-state index in [0.717, 1.165) is 45.3 Å². The van der Waals surface area contributed by atoms with Gasteiger partial charge in [-0.05, 0) is 32.2 Å². The van der Waals surface area contributed by atoms with E-state index in [1.807, 2.05) is 16.7 Å². The molecule has 2 heterocycles. The largest absolute Gasteiger partial charge is 0.481 e. The molecule has 1 N–H and O–H groups in total. The number of carbonyl (C=O) groups is 2. The number of hydrogen-bond donors (Lipinski definition) is 1. The van der Waals surface area contributed by atoms with Crippen molar-refractivity contribution in [3.05, 3.63) is 0 Å². The maximum absolute atomic E-state index is 12.0. The molecular formula is C14H24N2O3. The van der Waals surface area contributed by atoms with Gasteiger partial charge in [0.25, 0.3) is 0 Å². The highest BCUT2D eigenvalue weighted by Gasteiger charge is 2.42. The smallest absolute Gasteiger partial charge is 0.310 e. The highest BCUT2D eigenvalue weighted by molar-refractivity contribution is 5.79. The van der Waals surface area contributed by atoms with Crippen molar-refractivity contribution in [2.45, 2.75) is 39.0 Å². The summed E-state index contributed by atoms with van der Waals surface area (Å²) in [7, 11) is 0. The first-order chi connectivity index (χ1) is 9.07. The number of aliphatic carboxylic acids is 1. The summed E-state index contributed by atoms with van der Waals surface area (Å²) in [5.74, 6) is -0.542. The average molecular weight is 268 g/mol. The molecule has 2 saturated heterocycles. The number of piperidine rings is 1. The third-order valence-electron chi connectivity index (χ3n) is 4.41. The topological polar surface area (TPSA) is 60.9 Å². The zero-order valence-electron chi connectivity index (χ0n) is 11.7. The molecule has 2 aliphatic heterocycles. The van der Waals surface area contributed by atoms with Crippen LogP contribution in [0.2, 0.25) is 0 Å². The van der Waals surface area contributed by atoms with Gasteiger partial charge in [-0.3, -0.25) is 14.5 Å². The second-order valence-electron chi connectivity index (χ2n) is 5.88. The predicted octanol–water partition coefficient (Wildman–Crippen LogP) is 1.19. The molecule has 0 aromatic rings. The number of rotatable bonds is 5. The molecule has 0 bridgehead atoms. The molecule has 2 fully saturated rings. The van der Waals surface area contributed by atoms with Crippen molar-refractivity contribution in [3.8, 4) is 0 Å². The fourth-order valence-electron chi connectivity index (χ4n) is 3.18. The van der Waals surface area contributed by atoms with Gasteiger partial charge in [0, 0.05) is 19.6 Å². The fourth-order valence-corrected chi connectivity index (χ4v) is 3.18. The van der Waals surface area contributed by atoms with Gasteiger partial charge >= 0.3 is 5.97 Å². The molecule has 0 spiro atoms. The van der Waals surface area contributed by atoms with Gasteiger partial charge in [-0.1, -0.05) is 13.3 Å². The lowest BCUT2D eigenvalue weighted by Crippen LogP contribution is -2.52. The van der Waals surface area contributed by atoms with Crippen LogP contribution in [-0.2, 0) is 9.59 Å². The minimum atomic E-state index is -0.699. The van der Waals surface area contributed by atoms with Crippen molar-refractivity contribution in [1.82, 2.24) is 9.80 Å². The van der Waals surface area contributed by atoms with Crippen molar-refractivity contribution in [2.75, 3.05) is 32.7 Å². The Morgan fingerprint density at radius 1 is 1.21 bits per heavy atom. The van der Waals surface area contributed by atoms with E-state index < -0.39 is 11.4 Å². The Kier molecular flexibility index (Phi) is 4.45. The Morgan fingerprint density at radius 3 is 2.47 bits per heavy atom. The summed E-state index contributed by atoms with van der Waals surface area (Å²) in [6.45, 7) is 5.51. The number of carboxylic acid groups (broad SMARTS) is 1. The second-order valence-corrected chi connectivity index (χ2v) is 5.88. The van der Waals surface area contributed by atoms with E-state index in [-0.39, 0.29) is 5.91 Å². The number of carbonyl (C=O) groups excluding carboxylic acids is 1. The first-order valence-electron chi connectivity index (χ1n) is 7.31. The van der Waals surface area contributed by atoms with Crippen LogP contribution in [0.4, 0.5) is 0 Å². The first kappa shape index (κ1) is 14.3. The molecule has 1 unspecified atom stereocenters. The van der Waals surface area contributed by atoms with Crippen LogP contribution in [0.5, 0.6) is 0 Å². The lowest BCUT2D eigenvalue weighted by Gasteiger charge is -2.41. The van der Waals surface area contributed by atoms with Crippen LogP contribution < -0.4 is 0 Å². The van der Waals surface area contributed by atoms with Gasteiger partial charge in [0.2, 0.25) is 5.91 Å². The first-order valence-corrected chi connectivity index (χ1v) is 7.31. The highest BCUT2D eigenvalue weighted by Crippen LogP contribution is 2.35. The Bertz CT molecular complexity index is 351. The van der Waals surface area contributed by atoms with Gasteiger partial charge < -0.3 is 10.0 Å². The van der Waals surface area contributed by atoms with E-state index >= 15 is 0 Å². The summed E-state index contributed by atoms with van der Waals surface area (Å²) in [6, 6.07) is 0. The van der Waals surface area contributed by atoms with Crippen molar-refractivity contribution in [2.24, 2.45) is 5.41 Å². The lowest BCUT2D eigenvalue weighted by molar-refractivity contribution is -0.154. The molecule has 5 nitrogen and oxygen atoms in total. The molecule has 2 aliphatic rings. The van der Waals surface area contributed by atoms with Crippen LogP contribution in [0, 0.1) is 5.41 Å². The van der Waals surface area contributed by atoms with E-state index in [1.165, 1.54) is 0 Å². The zero-order chi connectivity index (χ0) is 13.9. The number of likely N-dealkylation sites (tertiary alicyclic amines) is 2. The van der Waals surface area contributed by atoms with Gasteiger partial charge in [0.15, 0.2) is 0 Å². The normalized spacial score (nSPS) is 27.9. The minimum Gasteiger partial charge on any atom is -0.481 e. The van der Waals surface area contributed by atoms with Crippen molar-refractivity contribution < 1.29 is 14.7 Å². The predicted molar refractivity (Wildman–Crippen MR) is 71.8 cm³/mol. The van der Waals surface area contributed by atoms with Crippen molar-refractivity contribution in [3.63, 3.8) is 0 Å². The molecule has 2 rings (SSSR count). The average Bonchev–Trinajstić information content (AvgIpc) is 2.26. The minimum absolute atomic E-state index is 0.156. The van der Waals surface area contributed by atoms with Crippen molar-refractivity contribution >= 4 is 11.9 Å². The summed E-state index contributed by atoms with van der Waals surface area (Å²) >= 11 is 0. The zero-order valence-corrected chi connectivity index (χ0v) is 11.7. The lowest BCUT2D eigenvalue weighted by atomic mass is 9.76. The van der Waals surface area contributed by atoms with Crippen molar-refractivity contribution in [1.29, 1.82) is 0 Å². The maximum atomic E-state index is 12.0. The summed E-state index contributed by atoms with van der Waals surface area (Å²) in [6.07, 6.45) is 4.29. The van der Waals surface area contributed by atoms with E-state index in [0.29, 0.717) is 19.5 Å². The van der Waals surface area contributed by atoms with Crippen LogP contribution >= 0.6 is 0 Å². The molecule has 19 heavy (non-hydrogen) atoms. The molecule has 1 atom stereocenters. The van der Waals surface area contributed by atoms with E-state index in [4.69, 9.17) is 0 Å². The molecular weight excluding hydrogens is 244 g/mol. The monoisotopic (exact) mass is 268 g/mol. The molecule has 0 radical (unpaired) electrons. The number of amides is 1. The standard InChI is InChI=1S/C14H24N2O3/c1-2-5-14(13(18)19)6-3-7-15(11-14)10-12(17)16-8-4-9-16/h2-11H2,1H3,(H,18,19). The van der Waals surface area contributed by atoms with Crippen LogP contribution in [0.15, 0.2) is 0 Å². The van der Waals surface area contributed by atoms with Crippen LogP contribution in [-0.4, -0.2) is 59.5 Å². The van der Waals surface area contributed by atoms with Gasteiger partial charge in [0.1, 0.15) is 0 Å². The third-order valence-corrected chi connectivity index (χ3v) is 4.41. The van der Waals surface area contributed by atoms with Gasteiger partial charge in [0.05, 0.1) is 12.0 Å². The molecule has 5 heteroatoms. The van der Waals surface area contributed by atoms with E-state index in [2.05, 4.69) is 0 Å². The SMILES string of the molecule is CCCC1(C(=O)O)CCCN(CC(=O)N2CCC2)C1. The van der Waals surface area contributed by atoms with E-state index in [9.17, 15) is 14.7 Å². The maximum Gasteiger partial charge on any atom is 0.310 e. The quantitative estimate of drug-likeness (QED) is 0.813. The second kappa shape index (κ2) is 5.90. The number of hydrogen-bond acceptors (Lipinski definition) is 3. The molecule has 0 aromatic heterocycles. The molecule has 108 valence electrons. The van der Waals surface area contributed by atoms with Gasteiger partial charge in [-0.25, -0.2) is 0 Å². The van der Waals surface area contributed by atoms with Crippen LogP contribution in [0.3, 0.4) is 0 Å². The fraction of sp³-hybridized carbons (Fsp3) is 0.857. The molecule has 0 saturated carbocycles. The molecule has 0 aliphatic carbocycles. The number of carboxylic acids is 1.